The fraction of sp³-hybridized carbons (Fsp3) is 0.357. The van der Waals surface area contributed by atoms with Crippen LogP contribution in [0.15, 0.2) is 36.7 Å². The van der Waals surface area contributed by atoms with Crippen molar-refractivity contribution in [3.8, 4) is 0 Å². The molecule has 1 aromatic heterocycles. The molecule has 0 aliphatic rings. The van der Waals surface area contributed by atoms with Gasteiger partial charge in [-0.25, -0.2) is 4.98 Å². The molecule has 0 saturated heterocycles. The number of aromatic nitrogens is 2. The summed E-state index contributed by atoms with van der Waals surface area (Å²) >= 11 is 0. The number of aliphatic hydroxyl groups is 1. The van der Waals surface area contributed by atoms with Gasteiger partial charge in [0.1, 0.15) is 5.82 Å². The van der Waals surface area contributed by atoms with E-state index in [1.54, 1.807) is 13.1 Å². The summed E-state index contributed by atoms with van der Waals surface area (Å²) in [6.45, 7) is 2.53. The second-order valence-electron chi connectivity index (χ2n) is 4.58. The van der Waals surface area contributed by atoms with Gasteiger partial charge < -0.3 is 14.6 Å². The topological polar surface area (TPSA) is 41.3 Å². The fourth-order valence-corrected chi connectivity index (χ4v) is 1.86. The largest absolute Gasteiger partial charge is 0.389 e. The Kier molecular flexibility index (Phi) is 3.67. The van der Waals surface area contributed by atoms with E-state index in [9.17, 15) is 5.11 Å². The summed E-state index contributed by atoms with van der Waals surface area (Å²) in [6.07, 6.45) is 3.33. The summed E-state index contributed by atoms with van der Waals surface area (Å²) in [5.41, 5.74) is 2.05. The van der Waals surface area contributed by atoms with Crippen LogP contribution in [0.1, 0.15) is 24.4 Å². The van der Waals surface area contributed by atoms with Gasteiger partial charge in [0, 0.05) is 32.2 Å². The molecule has 96 valence electrons. The first kappa shape index (κ1) is 12.6. The van der Waals surface area contributed by atoms with Crippen LogP contribution >= 0.6 is 0 Å². The molecule has 0 bridgehead atoms. The van der Waals surface area contributed by atoms with Crippen LogP contribution in [0.2, 0.25) is 0 Å². The van der Waals surface area contributed by atoms with Gasteiger partial charge in [-0.3, -0.25) is 0 Å². The van der Waals surface area contributed by atoms with Crippen molar-refractivity contribution < 1.29 is 5.11 Å². The fourth-order valence-electron chi connectivity index (χ4n) is 1.86. The molecule has 0 fully saturated rings. The van der Waals surface area contributed by atoms with E-state index < -0.39 is 6.10 Å². The van der Waals surface area contributed by atoms with Gasteiger partial charge >= 0.3 is 0 Å². The van der Waals surface area contributed by atoms with Crippen molar-refractivity contribution in [2.75, 3.05) is 11.9 Å². The van der Waals surface area contributed by atoms with E-state index in [1.165, 1.54) is 0 Å². The van der Waals surface area contributed by atoms with Crippen LogP contribution in [-0.2, 0) is 13.6 Å². The molecule has 1 N–H and O–H groups in total. The van der Waals surface area contributed by atoms with Gasteiger partial charge in [0.15, 0.2) is 0 Å². The average molecular weight is 245 g/mol. The zero-order valence-corrected chi connectivity index (χ0v) is 11.0. The van der Waals surface area contributed by atoms with E-state index in [4.69, 9.17) is 0 Å². The van der Waals surface area contributed by atoms with Gasteiger partial charge in [-0.1, -0.05) is 12.1 Å². The lowest BCUT2D eigenvalue weighted by atomic mass is 10.1. The highest BCUT2D eigenvalue weighted by atomic mass is 16.3. The minimum absolute atomic E-state index is 0.418. The molecular formula is C14H19N3O. The first-order valence-corrected chi connectivity index (χ1v) is 6.03. The number of aryl methyl sites for hydroxylation is 1. The molecule has 1 aromatic carbocycles. The lowest BCUT2D eigenvalue weighted by molar-refractivity contribution is 0.199. The maximum absolute atomic E-state index is 9.47. The minimum atomic E-state index is -0.418. The van der Waals surface area contributed by atoms with Gasteiger partial charge in [0.2, 0.25) is 0 Å². The van der Waals surface area contributed by atoms with Crippen molar-refractivity contribution in [1.29, 1.82) is 0 Å². The highest BCUT2D eigenvalue weighted by Crippen LogP contribution is 2.19. The number of hydrogen-bond donors (Lipinski definition) is 1. The maximum Gasteiger partial charge on any atom is 0.127 e. The Morgan fingerprint density at radius 1 is 1.33 bits per heavy atom. The van der Waals surface area contributed by atoms with Crippen LogP contribution in [0.25, 0.3) is 0 Å². The standard InChI is InChI=1S/C14H19N3O/c1-11(18)12-4-6-13(7-5-12)17(3)10-14-15-8-9-16(14)2/h4-9,11,18H,10H2,1-3H3/t11-/m0/s1. The van der Waals surface area contributed by atoms with E-state index in [2.05, 4.69) is 9.88 Å². The van der Waals surface area contributed by atoms with Crippen molar-refractivity contribution in [1.82, 2.24) is 9.55 Å². The van der Waals surface area contributed by atoms with Crippen LogP contribution in [0.4, 0.5) is 5.69 Å². The molecule has 1 atom stereocenters. The zero-order chi connectivity index (χ0) is 13.1. The number of nitrogens with zero attached hydrogens (tertiary/aromatic N) is 3. The van der Waals surface area contributed by atoms with Crippen LogP contribution in [0.3, 0.4) is 0 Å². The van der Waals surface area contributed by atoms with E-state index in [1.807, 2.05) is 49.1 Å². The van der Waals surface area contributed by atoms with Gasteiger partial charge in [-0.15, -0.1) is 0 Å². The SMILES string of the molecule is C[C@H](O)c1ccc(N(C)Cc2nccn2C)cc1. The van der Waals surface area contributed by atoms with Crippen LogP contribution in [0.5, 0.6) is 0 Å². The number of rotatable bonds is 4. The Bertz CT molecular complexity index is 502. The molecule has 0 unspecified atom stereocenters. The van der Waals surface area contributed by atoms with E-state index >= 15 is 0 Å². The van der Waals surface area contributed by atoms with E-state index in [-0.39, 0.29) is 0 Å². The lowest BCUT2D eigenvalue weighted by Crippen LogP contribution is -2.18. The molecule has 0 spiro atoms. The summed E-state index contributed by atoms with van der Waals surface area (Å²) in [4.78, 5) is 6.44. The molecule has 1 heterocycles. The summed E-state index contributed by atoms with van der Waals surface area (Å²) in [5.74, 6) is 1.03. The first-order chi connectivity index (χ1) is 8.58. The Hall–Kier alpha value is -1.81. The maximum atomic E-state index is 9.47. The minimum Gasteiger partial charge on any atom is -0.389 e. The lowest BCUT2D eigenvalue weighted by Gasteiger charge is -2.19. The van der Waals surface area contributed by atoms with E-state index in [0.29, 0.717) is 0 Å². The van der Waals surface area contributed by atoms with Crippen molar-refractivity contribution in [2.45, 2.75) is 19.6 Å². The van der Waals surface area contributed by atoms with Crippen LogP contribution in [-0.4, -0.2) is 21.7 Å². The molecular weight excluding hydrogens is 226 g/mol. The highest BCUT2D eigenvalue weighted by molar-refractivity contribution is 5.47. The molecule has 4 heteroatoms. The number of anilines is 1. The molecule has 0 radical (unpaired) electrons. The van der Waals surface area contributed by atoms with Crippen molar-refractivity contribution >= 4 is 5.69 Å². The molecule has 0 saturated carbocycles. The van der Waals surface area contributed by atoms with E-state index in [0.717, 1.165) is 23.6 Å². The monoisotopic (exact) mass is 245 g/mol. The highest BCUT2D eigenvalue weighted by Gasteiger charge is 2.06. The van der Waals surface area contributed by atoms with Gasteiger partial charge in [-0.05, 0) is 24.6 Å². The van der Waals surface area contributed by atoms with Crippen molar-refractivity contribution in [3.05, 3.63) is 48.0 Å². The molecule has 0 aliphatic carbocycles. The first-order valence-electron chi connectivity index (χ1n) is 6.03. The molecule has 18 heavy (non-hydrogen) atoms. The van der Waals surface area contributed by atoms with Crippen molar-refractivity contribution in [3.63, 3.8) is 0 Å². The predicted molar refractivity (Wildman–Crippen MR) is 72.4 cm³/mol. The Balaban J connectivity index is 2.09. The Morgan fingerprint density at radius 3 is 2.50 bits per heavy atom. The normalized spacial score (nSPS) is 12.4. The summed E-state index contributed by atoms with van der Waals surface area (Å²) in [7, 11) is 4.03. The predicted octanol–water partition coefficient (Wildman–Crippen LogP) is 2.11. The molecule has 2 rings (SSSR count). The van der Waals surface area contributed by atoms with Crippen LogP contribution < -0.4 is 4.90 Å². The smallest absolute Gasteiger partial charge is 0.127 e. The number of benzene rings is 1. The molecule has 2 aromatic rings. The zero-order valence-electron chi connectivity index (χ0n) is 11.0. The van der Waals surface area contributed by atoms with Gasteiger partial charge in [-0.2, -0.15) is 0 Å². The average Bonchev–Trinajstić information content (AvgIpc) is 2.75. The second kappa shape index (κ2) is 5.23. The molecule has 0 aliphatic heterocycles. The second-order valence-corrected chi connectivity index (χ2v) is 4.58. The molecule has 4 nitrogen and oxygen atoms in total. The summed E-state index contributed by atoms with van der Waals surface area (Å²) in [6, 6.07) is 7.94. The summed E-state index contributed by atoms with van der Waals surface area (Å²) < 4.78 is 2.01. The van der Waals surface area contributed by atoms with Crippen LogP contribution in [0, 0.1) is 0 Å². The summed E-state index contributed by atoms with van der Waals surface area (Å²) in [5, 5.41) is 9.47. The number of aliphatic hydroxyl groups excluding tert-OH is 1. The van der Waals surface area contributed by atoms with Gasteiger partial charge in [0.25, 0.3) is 0 Å². The van der Waals surface area contributed by atoms with Gasteiger partial charge in [0.05, 0.1) is 12.6 Å². The third-order valence-electron chi connectivity index (χ3n) is 3.12. The number of hydrogen-bond acceptors (Lipinski definition) is 3. The number of imidazole rings is 1. The molecule has 0 amide bonds. The quantitative estimate of drug-likeness (QED) is 0.897. The third-order valence-corrected chi connectivity index (χ3v) is 3.12. The Morgan fingerprint density at radius 2 is 2.00 bits per heavy atom. The third kappa shape index (κ3) is 2.71. The van der Waals surface area contributed by atoms with Crippen molar-refractivity contribution in [2.24, 2.45) is 7.05 Å². The Labute approximate surface area is 108 Å².